The molecule has 0 fully saturated rings. The minimum atomic E-state index is 0.0911. The van der Waals surface area contributed by atoms with Gasteiger partial charge in [0.05, 0.1) is 0 Å². The Bertz CT molecular complexity index is 311. The number of hydrogen-bond donors (Lipinski definition) is 0. The summed E-state index contributed by atoms with van der Waals surface area (Å²) < 4.78 is 0. The number of allylic oxidation sites excluding steroid dienone is 4. The number of nitrogens with zero attached hydrogens (tertiary/aromatic N) is 2. The predicted molar refractivity (Wildman–Crippen MR) is 57.1 cm³/mol. The molecule has 0 heterocycles. The molecule has 0 aliphatic rings. The molecule has 2 nitrogen and oxygen atoms in total. The van der Waals surface area contributed by atoms with E-state index in [1.54, 1.807) is 0 Å². The molecule has 14 heavy (non-hydrogen) atoms. The van der Waals surface area contributed by atoms with Crippen LogP contribution in [-0.2, 0) is 0 Å². The van der Waals surface area contributed by atoms with Crippen LogP contribution in [-0.4, -0.2) is 0 Å². The molecule has 0 aromatic carbocycles. The lowest BCUT2D eigenvalue weighted by Gasteiger charge is -2.18. The fourth-order valence-electron chi connectivity index (χ4n) is 1.17. The summed E-state index contributed by atoms with van der Waals surface area (Å²) in [6, 6.07) is 3.85. The Labute approximate surface area is 86.2 Å². The lowest BCUT2D eigenvalue weighted by Crippen LogP contribution is -2.06. The Hall–Kier alpha value is -1.54. The second kappa shape index (κ2) is 5.25. The minimum absolute atomic E-state index is 0.0911. The van der Waals surface area contributed by atoms with Crippen LogP contribution in [0.1, 0.15) is 34.1 Å². The first kappa shape index (κ1) is 12.5. The van der Waals surface area contributed by atoms with Crippen LogP contribution in [0, 0.1) is 28.1 Å². The van der Waals surface area contributed by atoms with Crippen molar-refractivity contribution < 1.29 is 0 Å². The normalized spacial score (nSPS) is 10.7. The van der Waals surface area contributed by atoms with Crippen molar-refractivity contribution in [1.29, 1.82) is 10.5 Å². The van der Waals surface area contributed by atoms with Crippen LogP contribution < -0.4 is 0 Å². The van der Waals surface area contributed by atoms with E-state index < -0.39 is 0 Å². The molecule has 0 aromatic heterocycles. The molecule has 0 aliphatic carbocycles. The topological polar surface area (TPSA) is 47.6 Å². The van der Waals surface area contributed by atoms with Gasteiger partial charge in [-0.05, 0) is 24.3 Å². The highest BCUT2D eigenvalue weighted by Gasteiger charge is 2.14. The SMILES string of the molecule is C/C=C\C(CC(C)(C)C)=C(C#N)C#N. The predicted octanol–water partition coefficient (Wildman–Crippen LogP) is 3.34. The van der Waals surface area contributed by atoms with Gasteiger partial charge in [0.1, 0.15) is 17.7 Å². The van der Waals surface area contributed by atoms with E-state index in [0.717, 1.165) is 12.0 Å². The van der Waals surface area contributed by atoms with Crippen molar-refractivity contribution in [2.45, 2.75) is 34.1 Å². The fourth-order valence-corrected chi connectivity index (χ4v) is 1.17. The molecule has 0 spiro atoms. The van der Waals surface area contributed by atoms with Crippen molar-refractivity contribution in [3.63, 3.8) is 0 Å². The van der Waals surface area contributed by atoms with Gasteiger partial charge in [0.25, 0.3) is 0 Å². The average Bonchev–Trinajstić information content (AvgIpc) is 2.04. The third-order valence-electron chi connectivity index (χ3n) is 1.63. The highest BCUT2D eigenvalue weighted by atomic mass is 14.3. The van der Waals surface area contributed by atoms with Crippen LogP contribution >= 0.6 is 0 Å². The summed E-state index contributed by atoms with van der Waals surface area (Å²) in [4.78, 5) is 0. The molecule has 0 aromatic rings. The molecule has 2 heteroatoms. The summed E-state index contributed by atoms with van der Waals surface area (Å²) in [5, 5.41) is 17.5. The first-order valence-corrected chi connectivity index (χ1v) is 4.60. The molecule has 0 rings (SSSR count). The zero-order valence-electron chi connectivity index (χ0n) is 9.26. The van der Waals surface area contributed by atoms with Gasteiger partial charge in [-0.1, -0.05) is 32.9 Å². The van der Waals surface area contributed by atoms with Crippen molar-refractivity contribution in [2.24, 2.45) is 5.41 Å². The first-order valence-electron chi connectivity index (χ1n) is 4.60. The van der Waals surface area contributed by atoms with Gasteiger partial charge in [0, 0.05) is 0 Å². The highest BCUT2D eigenvalue weighted by Crippen LogP contribution is 2.26. The van der Waals surface area contributed by atoms with Gasteiger partial charge in [-0.15, -0.1) is 0 Å². The molecular formula is C12H16N2. The smallest absolute Gasteiger partial charge is 0.132 e. The second-order valence-corrected chi connectivity index (χ2v) is 4.36. The highest BCUT2D eigenvalue weighted by molar-refractivity contribution is 5.44. The van der Waals surface area contributed by atoms with Crippen molar-refractivity contribution in [3.05, 3.63) is 23.3 Å². The maximum atomic E-state index is 8.76. The summed E-state index contributed by atoms with van der Waals surface area (Å²) in [6.45, 7) is 8.14. The molecule has 0 aliphatic heterocycles. The van der Waals surface area contributed by atoms with E-state index >= 15 is 0 Å². The Morgan fingerprint density at radius 1 is 1.21 bits per heavy atom. The summed E-state index contributed by atoms with van der Waals surface area (Å²) in [7, 11) is 0. The summed E-state index contributed by atoms with van der Waals surface area (Å²) in [5.74, 6) is 0. The maximum Gasteiger partial charge on any atom is 0.132 e. The third-order valence-corrected chi connectivity index (χ3v) is 1.63. The lowest BCUT2D eigenvalue weighted by atomic mass is 9.86. The van der Waals surface area contributed by atoms with E-state index in [0.29, 0.717) is 0 Å². The van der Waals surface area contributed by atoms with Crippen molar-refractivity contribution in [2.75, 3.05) is 0 Å². The lowest BCUT2D eigenvalue weighted by molar-refractivity contribution is 0.413. The molecule has 0 N–H and O–H groups in total. The van der Waals surface area contributed by atoms with Crippen LogP contribution in [0.4, 0.5) is 0 Å². The maximum absolute atomic E-state index is 8.76. The van der Waals surface area contributed by atoms with Gasteiger partial charge in [0.15, 0.2) is 0 Å². The molecule has 0 unspecified atom stereocenters. The van der Waals surface area contributed by atoms with E-state index in [2.05, 4.69) is 20.8 Å². The van der Waals surface area contributed by atoms with Crippen LogP contribution in [0.25, 0.3) is 0 Å². The second-order valence-electron chi connectivity index (χ2n) is 4.36. The quantitative estimate of drug-likeness (QED) is 0.493. The Kier molecular flexibility index (Phi) is 4.67. The molecule has 0 radical (unpaired) electrons. The van der Waals surface area contributed by atoms with Crippen LogP contribution in [0.5, 0.6) is 0 Å². The van der Waals surface area contributed by atoms with E-state index in [-0.39, 0.29) is 11.0 Å². The Morgan fingerprint density at radius 2 is 1.71 bits per heavy atom. The van der Waals surface area contributed by atoms with Crippen LogP contribution in [0.3, 0.4) is 0 Å². The molecular weight excluding hydrogens is 172 g/mol. The molecule has 0 saturated carbocycles. The standard InChI is InChI=1S/C12H16N2/c1-5-6-10(7-12(2,3)4)11(8-13)9-14/h5-6H,7H2,1-4H3/b6-5-. The van der Waals surface area contributed by atoms with E-state index in [4.69, 9.17) is 10.5 Å². The number of nitriles is 2. The van der Waals surface area contributed by atoms with Crippen molar-refractivity contribution in [1.82, 2.24) is 0 Å². The molecule has 0 bridgehead atoms. The minimum Gasteiger partial charge on any atom is -0.192 e. The van der Waals surface area contributed by atoms with Crippen LogP contribution in [0.15, 0.2) is 23.3 Å². The number of rotatable bonds is 2. The first-order chi connectivity index (χ1) is 6.44. The monoisotopic (exact) mass is 188 g/mol. The van der Waals surface area contributed by atoms with E-state index in [1.807, 2.05) is 31.2 Å². The Balaban J connectivity index is 5.09. The fraction of sp³-hybridized carbons (Fsp3) is 0.500. The summed E-state index contributed by atoms with van der Waals surface area (Å²) >= 11 is 0. The number of hydrogen-bond acceptors (Lipinski definition) is 2. The zero-order chi connectivity index (χ0) is 11.2. The van der Waals surface area contributed by atoms with Gasteiger partial charge in [0.2, 0.25) is 0 Å². The largest absolute Gasteiger partial charge is 0.192 e. The van der Waals surface area contributed by atoms with Crippen molar-refractivity contribution in [3.8, 4) is 12.1 Å². The van der Waals surface area contributed by atoms with Gasteiger partial charge in [-0.25, -0.2) is 0 Å². The van der Waals surface area contributed by atoms with Crippen molar-refractivity contribution >= 4 is 0 Å². The average molecular weight is 188 g/mol. The Morgan fingerprint density at radius 3 is 2.00 bits per heavy atom. The molecule has 74 valence electrons. The van der Waals surface area contributed by atoms with Gasteiger partial charge < -0.3 is 0 Å². The summed E-state index contributed by atoms with van der Waals surface area (Å²) in [6.07, 6.45) is 4.44. The third kappa shape index (κ3) is 4.48. The van der Waals surface area contributed by atoms with Gasteiger partial charge >= 0.3 is 0 Å². The molecule has 0 amide bonds. The van der Waals surface area contributed by atoms with Gasteiger partial charge in [-0.3, -0.25) is 0 Å². The van der Waals surface area contributed by atoms with Crippen LogP contribution in [0.2, 0.25) is 0 Å². The molecule has 0 atom stereocenters. The molecule has 0 saturated heterocycles. The van der Waals surface area contributed by atoms with E-state index in [9.17, 15) is 0 Å². The van der Waals surface area contributed by atoms with E-state index in [1.165, 1.54) is 0 Å². The summed E-state index contributed by atoms with van der Waals surface area (Å²) in [5.41, 5.74) is 1.14. The van der Waals surface area contributed by atoms with Gasteiger partial charge in [-0.2, -0.15) is 10.5 Å². The zero-order valence-corrected chi connectivity index (χ0v) is 9.26.